The lowest BCUT2D eigenvalue weighted by atomic mass is 9.98. The minimum atomic E-state index is -0.449. The first-order valence-electron chi connectivity index (χ1n) is 9.05. The van der Waals surface area contributed by atoms with Gasteiger partial charge in [0, 0.05) is 12.5 Å². The molecular weight excluding hydrogens is 352 g/mol. The van der Waals surface area contributed by atoms with Gasteiger partial charge in [-0.25, -0.2) is 9.78 Å². The van der Waals surface area contributed by atoms with Crippen LogP contribution >= 0.6 is 0 Å². The van der Waals surface area contributed by atoms with Crippen LogP contribution < -0.4 is 11.1 Å². The Hall–Kier alpha value is -3.67. The average Bonchev–Trinajstić information content (AvgIpc) is 3.05. The SMILES string of the molecule is Nc1cnc(C=CCNC(=O)OCC2c3ccccc3-c3ccccc32)cn1. The fourth-order valence-electron chi connectivity index (χ4n) is 3.41. The maximum Gasteiger partial charge on any atom is 0.407 e. The van der Waals surface area contributed by atoms with Gasteiger partial charge in [-0.2, -0.15) is 0 Å². The number of amides is 1. The molecule has 0 bridgehead atoms. The zero-order chi connectivity index (χ0) is 19.3. The highest BCUT2D eigenvalue weighted by Gasteiger charge is 2.28. The maximum atomic E-state index is 12.1. The molecule has 0 unspecified atom stereocenters. The van der Waals surface area contributed by atoms with E-state index in [9.17, 15) is 4.79 Å². The number of nitrogens with two attached hydrogens (primary N) is 1. The van der Waals surface area contributed by atoms with Gasteiger partial charge >= 0.3 is 6.09 Å². The smallest absolute Gasteiger partial charge is 0.407 e. The zero-order valence-electron chi connectivity index (χ0n) is 15.2. The van der Waals surface area contributed by atoms with Gasteiger partial charge in [0.15, 0.2) is 0 Å². The van der Waals surface area contributed by atoms with Crippen molar-refractivity contribution < 1.29 is 9.53 Å². The van der Waals surface area contributed by atoms with Crippen LogP contribution in [0.25, 0.3) is 17.2 Å². The van der Waals surface area contributed by atoms with Gasteiger partial charge in [0.25, 0.3) is 0 Å². The number of nitrogens with one attached hydrogen (secondary N) is 1. The molecule has 3 N–H and O–H groups in total. The van der Waals surface area contributed by atoms with Gasteiger partial charge in [0.05, 0.1) is 18.1 Å². The zero-order valence-corrected chi connectivity index (χ0v) is 15.2. The largest absolute Gasteiger partial charge is 0.449 e. The minimum Gasteiger partial charge on any atom is -0.449 e. The number of fused-ring (bicyclic) bond motifs is 3. The van der Waals surface area contributed by atoms with Gasteiger partial charge in [-0.3, -0.25) is 4.98 Å². The maximum absolute atomic E-state index is 12.1. The predicted molar refractivity (Wildman–Crippen MR) is 109 cm³/mol. The highest BCUT2D eigenvalue weighted by Crippen LogP contribution is 2.44. The lowest BCUT2D eigenvalue weighted by Crippen LogP contribution is -2.26. The van der Waals surface area contributed by atoms with Crippen LogP contribution in [0.1, 0.15) is 22.7 Å². The Balaban J connectivity index is 1.33. The summed E-state index contributed by atoms with van der Waals surface area (Å²) in [7, 11) is 0. The predicted octanol–water partition coefficient (Wildman–Crippen LogP) is 3.61. The Morgan fingerprint density at radius 1 is 1.04 bits per heavy atom. The molecule has 0 fully saturated rings. The second-order valence-electron chi connectivity index (χ2n) is 6.47. The number of ether oxygens (including phenoxy) is 1. The third kappa shape index (κ3) is 3.71. The highest BCUT2D eigenvalue weighted by molar-refractivity contribution is 5.79. The quantitative estimate of drug-likeness (QED) is 0.714. The fourth-order valence-corrected chi connectivity index (χ4v) is 3.41. The van der Waals surface area contributed by atoms with Crippen LogP contribution in [-0.4, -0.2) is 29.2 Å². The molecule has 4 rings (SSSR count). The molecule has 0 aliphatic heterocycles. The van der Waals surface area contributed by atoms with Gasteiger partial charge in [0.2, 0.25) is 0 Å². The van der Waals surface area contributed by atoms with Crippen LogP contribution in [0.3, 0.4) is 0 Å². The van der Waals surface area contributed by atoms with Crippen molar-refractivity contribution in [1.82, 2.24) is 15.3 Å². The van der Waals surface area contributed by atoms with Crippen molar-refractivity contribution in [2.75, 3.05) is 18.9 Å². The van der Waals surface area contributed by atoms with E-state index in [0.717, 1.165) is 0 Å². The molecule has 28 heavy (non-hydrogen) atoms. The molecule has 1 amide bonds. The number of aromatic nitrogens is 2. The van der Waals surface area contributed by atoms with Crippen molar-refractivity contribution >= 4 is 18.0 Å². The first-order valence-corrected chi connectivity index (χ1v) is 9.05. The van der Waals surface area contributed by atoms with Crippen molar-refractivity contribution in [1.29, 1.82) is 0 Å². The second kappa shape index (κ2) is 7.92. The molecule has 0 radical (unpaired) electrons. The van der Waals surface area contributed by atoms with Crippen LogP contribution in [0.5, 0.6) is 0 Å². The van der Waals surface area contributed by atoms with E-state index in [2.05, 4.69) is 39.6 Å². The number of benzene rings is 2. The molecule has 0 atom stereocenters. The first kappa shape index (κ1) is 17.7. The summed E-state index contributed by atoms with van der Waals surface area (Å²) in [5, 5.41) is 2.72. The van der Waals surface area contributed by atoms with E-state index in [-0.39, 0.29) is 5.92 Å². The van der Waals surface area contributed by atoms with E-state index in [4.69, 9.17) is 10.5 Å². The number of carbonyl (C=O) groups is 1. The molecular formula is C22H20N4O2. The lowest BCUT2D eigenvalue weighted by Gasteiger charge is -2.14. The molecule has 6 heteroatoms. The number of alkyl carbamates (subject to hydrolysis) is 1. The summed E-state index contributed by atoms with van der Waals surface area (Å²) in [4.78, 5) is 20.1. The van der Waals surface area contributed by atoms with Crippen LogP contribution in [0.2, 0.25) is 0 Å². The summed E-state index contributed by atoms with van der Waals surface area (Å²) < 4.78 is 5.48. The third-order valence-electron chi connectivity index (χ3n) is 4.69. The van der Waals surface area contributed by atoms with E-state index in [1.54, 1.807) is 18.3 Å². The summed E-state index contributed by atoms with van der Waals surface area (Å²) in [6, 6.07) is 16.5. The molecule has 0 saturated carbocycles. The molecule has 140 valence electrons. The van der Waals surface area contributed by atoms with Gasteiger partial charge < -0.3 is 15.8 Å². The fraction of sp³-hybridized carbons (Fsp3) is 0.136. The van der Waals surface area contributed by atoms with E-state index in [1.807, 2.05) is 24.3 Å². The number of nitrogen functional groups attached to an aromatic ring is 1. The van der Waals surface area contributed by atoms with Crippen LogP contribution in [0.15, 0.2) is 67.0 Å². The molecule has 0 spiro atoms. The molecule has 1 heterocycles. The van der Waals surface area contributed by atoms with Crippen LogP contribution in [0, 0.1) is 0 Å². The standard InChI is InChI=1S/C22H20N4O2/c23-21-13-25-15(12-26-21)6-5-11-24-22(27)28-14-20-18-9-3-1-7-16(18)17-8-2-4-10-19(17)20/h1-10,12-13,20H,11,14H2,(H2,23,26)(H,24,27). The number of anilines is 1. The minimum absolute atomic E-state index is 0.0544. The topological polar surface area (TPSA) is 90.1 Å². The monoisotopic (exact) mass is 372 g/mol. The Kier molecular flexibility index (Phi) is 5.01. The number of hydrogen-bond donors (Lipinski definition) is 2. The summed E-state index contributed by atoms with van der Waals surface area (Å²) in [5.74, 6) is 0.424. The van der Waals surface area contributed by atoms with Gasteiger partial charge in [-0.05, 0) is 28.3 Å². The number of carbonyl (C=O) groups excluding carboxylic acids is 1. The molecule has 3 aromatic rings. The normalized spacial score (nSPS) is 12.6. The Labute approximate surface area is 163 Å². The summed E-state index contributed by atoms with van der Waals surface area (Å²) in [6.45, 7) is 0.635. The second-order valence-corrected chi connectivity index (χ2v) is 6.47. The molecule has 1 aliphatic carbocycles. The molecule has 1 aliphatic rings. The van der Waals surface area contributed by atoms with E-state index in [1.165, 1.54) is 28.5 Å². The third-order valence-corrected chi connectivity index (χ3v) is 4.69. The molecule has 0 saturated heterocycles. The number of nitrogens with zero attached hydrogens (tertiary/aromatic N) is 2. The van der Waals surface area contributed by atoms with Gasteiger partial charge in [0.1, 0.15) is 12.4 Å². The number of rotatable bonds is 5. The summed E-state index contributed by atoms with van der Waals surface area (Å²) >= 11 is 0. The lowest BCUT2D eigenvalue weighted by molar-refractivity contribution is 0.144. The Morgan fingerprint density at radius 2 is 1.71 bits per heavy atom. The van der Waals surface area contributed by atoms with Gasteiger partial charge in [-0.15, -0.1) is 0 Å². The average molecular weight is 372 g/mol. The van der Waals surface area contributed by atoms with Crippen molar-refractivity contribution in [3.63, 3.8) is 0 Å². The van der Waals surface area contributed by atoms with Crippen LogP contribution in [-0.2, 0) is 4.74 Å². The number of hydrogen-bond acceptors (Lipinski definition) is 5. The van der Waals surface area contributed by atoms with E-state index in [0.29, 0.717) is 24.7 Å². The Bertz CT molecular complexity index is 970. The molecule has 6 nitrogen and oxygen atoms in total. The molecule has 2 aromatic carbocycles. The summed E-state index contributed by atoms with van der Waals surface area (Å²) in [6.07, 6.45) is 6.14. The highest BCUT2D eigenvalue weighted by atomic mass is 16.5. The van der Waals surface area contributed by atoms with Crippen molar-refractivity contribution in [2.24, 2.45) is 0 Å². The van der Waals surface area contributed by atoms with Crippen molar-refractivity contribution in [3.05, 3.63) is 83.8 Å². The van der Waals surface area contributed by atoms with Crippen LogP contribution in [0.4, 0.5) is 10.6 Å². The van der Waals surface area contributed by atoms with E-state index < -0.39 is 6.09 Å². The summed E-state index contributed by atoms with van der Waals surface area (Å²) in [5.41, 5.74) is 11.0. The first-order chi connectivity index (χ1) is 13.7. The Morgan fingerprint density at radius 3 is 2.36 bits per heavy atom. The van der Waals surface area contributed by atoms with E-state index >= 15 is 0 Å². The molecule has 1 aromatic heterocycles. The van der Waals surface area contributed by atoms with Crippen molar-refractivity contribution in [2.45, 2.75) is 5.92 Å². The van der Waals surface area contributed by atoms with Crippen molar-refractivity contribution in [3.8, 4) is 11.1 Å². The van der Waals surface area contributed by atoms with Gasteiger partial charge in [-0.1, -0.05) is 54.6 Å².